The summed E-state index contributed by atoms with van der Waals surface area (Å²) in [4.78, 5) is 5.35. The molecule has 0 spiro atoms. The van der Waals surface area contributed by atoms with Crippen LogP contribution in [0.25, 0.3) is 0 Å². The summed E-state index contributed by atoms with van der Waals surface area (Å²) < 4.78 is 0. The minimum absolute atomic E-state index is 0.722. The van der Waals surface area contributed by atoms with Gasteiger partial charge >= 0.3 is 0 Å². The Morgan fingerprint density at radius 3 is 2.63 bits per heavy atom. The third kappa shape index (κ3) is 3.71. The molecule has 3 nitrogen and oxygen atoms in total. The molecule has 3 heteroatoms. The van der Waals surface area contributed by atoms with E-state index in [1.807, 2.05) is 0 Å². The van der Waals surface area contributed by atoms with Crippen molar-refractivity contribution < 1.29 is 0 Å². The molecule has 4 atom stereocenters. The van der Waals surface area contributed by atoms with E-state index in [1.165, 1.54) is 51.9 Å². The van der Waals surface area contributed by atoms with E-state index in [-0.39, 0.29) is 0 Å². The second-order valence-electron chi connectivity index (χ2n) is 6.75. The third-order valence-corrected chi connectivity index (χ3v) is 5.14. The number of rotatable bonds is 4. The average molecular weight is 267 g/mol. The largest absolute Gasteiger partial charge is 0.311 e. The summed E-state index contributed by atoms with van der Waals surface area (Å²) in [6.07, 6.45) is 5.26. The summed E-state index contributed by atoms with van der Waals surface area (Å²) in [5.74, 6) is 0.813. The molecule has 0 radical (unpaired) electrons. The van der Waals surface area contributed by atoms with Crippen LogP contribution < -0.4 is 5.32 Å². The van der Waals surface area contributed by atoms with Crippen molar-refractivity contribution in [2.24, 2.45) is 5.92 Å². The van der Waals surface area contributed by atoms with Gasteiger partial charge in [0, 0.05) is 37.8 Å². The van der Waals surface area contributed by atoms with Crippen LogP contribution in [-0.2, 0) is 0 Å². The van der Waals surface area contributed by atoms with Gasteiger partial charge < -0.3 is 10.2 Å². The maximum absolute atomic E-state index is 3.76. The normalized spacial score (nSPS) is 38.5. The highest BCUT2D eigenvalue weighted by Crippen LogP contribution is 2.26. The molecule has 19 heavy (non-hydrogen) atoms. The smallest absolute Gasteiger partial charge is 0.0221 e. The molecule has 2 rings (SSSR count). The highest BCUT2D eigenvalue weighted by atomic mass is 15.3. The topological polar surface area (TPSA) is 18.5 Å². The zero-order valence-electron chi connectivity index (χ0n) is 13.4. The Kier molecular flexibility index (Phi) is 5.67. The molecule has 2 aliphatic rings. The van der Waals surface area contributed by atoms with Crippen LogP contribution in [-0.4, -0.2) is 61.2 Å². The van der Waals surface area contributed by atoms with Gasteiger partial charge in [0.05, 0.1) is 0 Å². The van der Waals surface area contributed by atoms with Crippen molar-refractivity contribution in [3.8, 4) is 0 Å². The Balaban J connectivity index is 2.00. The van der Waals surface area contributed by atoms with E-state index in [1.54, 1.807) is 0 Å². The van der Waals surface area contributed by atoms with Crippen molar-refractivity contribution in [1.82, 2.24) is 15.1 Å². The molecule has 0 amide bonds. The first-order chi connectivity index (χ1) is 9.15. The number of piperazine rings is 1. The number of nitrogens with one attached hydrogen (secondary N) is 1. The summed E-state index contributed by atoms with van der Waals surface area (Å²) in [5.41, 5.74) is 0. The molecule has 0 aromatic heterocycles. The van der Waals surface area contributed by atoms with Crippen LogP contribution in [0.2, 0.25) is 0 Å². The van der Waals surface area contributed by atoms with Crippen LogP contribution in [0, 0.1) is 5.92 Å². The van der Waals surface area contributed by atoms with Crippen molar-refractivity contribution in [2.45, 2.75) is 64.6 Å². The lowest BCUT2D eigenvalue weighted by molar-refractivity contribution is 0.0149. The first kappa shape index (κ1) is 15.3. The van der Waals surface area contributed by atoms with Gasteiger partial charge in [-0.25, -0.2) is 0 Å². The number of hydrogen-bond acceptors (Lipinski definition) is 3. The van der Waals surface area contributed by atoms with Crippen molar-refractivity contribution in [1.29, 1.82) is 0 Å². The molecular weight excluding hydrogens is 234 g/mol. The zero-order valence-corrected chi connectivity index (χ0v) is 13.4. The van der Waals surface area contributed by atoms with E-state index in [4.69, 9.17) is 0 Å². The van der Waals surface area contributed by atoms with Gasteiger partial charge in [-0.05, 0) is 38.8 Å². The highest BCUT2D eigenvalue weighted by Gasteiger charge is 2.36. The fourth-order valence-corrected chi connectivity index (χ4v) is 4.05. The summed E-state index contributed by atoms with van der Waals surface area (Å²) >= 11 is 0. The molecule has 0 aromatic rings. The first-order valence-corrected chi connectivity index (χ1v) is 8.33. The van der Waals surface area contributed by atoms with Crippen LogP contribution in [0.1, 0.15) is 46.5 Å². The SMILES string of the molecule is CCCC1CN(C2CCN(C)CC2C)C(CC)CN1. The minimum atomic E-state index is 0.722. The van der Waals surface area contributed by atoms with Crippen LogP contribution in [0.15, 0.2) is 0 Å². The van der Waals surface area contributed by atoms with Gasteiger partial charge in [-0.15, -0.1) is 0 Å². The Labute approximate surface area is 119 Å². The number of likely N-dealkylation sites (tertiary alicyclic amines) is 1. The summed E-state index contributed by atoms with van der Waals surface area (Å²) in [5, 5.41) is 3.76. The van der Waals surface area contributed by atoms with Gasteiger partial charge in [0.15, 0.2) is 0 Å². The average Bonchev–Trinajstić information content (AvgIpc) is 2.39. The summed E-state index contributed by atoms with van der Waals surface area (Å²) in [6, 6.07) is 2.28. The molecule has 2 saturated heterocycles. The van der Waals surface area contributed by atoms with Crippen LogP contribution in [0.5, 0.6) is 0 Å². The maximum atomic E-state index is 3.76. The molecular formula is C16H33N3. The van der Waals surface area contributed by atoms with Gasteiger partial charge in [-0.2, -0.15) is 0 Å². The van der Waals surface area contributed by atoms with Gasteiger partial charge in [0.25, 0.3) is 0 Å². The quantitative estimate of drug-likeness (QED) is 0.842. The molecule has 2 heterocycles. The molecule has 0 aromatic carbocycles. The van der Waals surface area contributed by atoms with Crippen molar-refractivity contribution in [3.05, 3.63) is 0 Å². The predicted molar refractivity (Wildman–Crippen MR) is 82.5 cm³/mol. The van der Waals surface area contributed by atoms with E-state index in [9.17, 15) is 0 Å². The fraction of sp³-hybridized carbons (Fsp3) is 1.00. The maximum Gasteiger partial charge on any atom is 0.0221 e. The van der Waals surface area contributed by atoms with Gasteiger partial charge in [-0.1, -0.05) is 27.2 Å². The molecule has 2 fully saturated rings. The molecule has 0 saturated carbocycles. The predicted octanol–water partition coefficient (Wildman–Crippen LogP) is 2.18. The first-order valence-electron chi connectivity index (χ1n) is 8.33. The summed E-state index contributed by atoms with van der Waals surface area (Å²) in [6.45, 7) is 12.1. The van der Waals surface area contributed by atoms with Crippen LogP contribution in [0.4, 0.5) is 0 Å². The lowest BCUT2D eigenvalue weighted by atomic mass is 9.89. The Morgan fingerprint density at radius 2 is 2.00 bits per heavy atom. The molecule has 112 valence electrons. The lowest BCUT2D eigenvalue weighted by Crippen LogP contribution is -2.62. The molecule has 0 aliphatic carbocycles. The second-order valence-corrected chi connectivity index (χ2v) is 6.75. The Morgan fingerprint density at radius 1 is 1.21 bits per heavy atom. The van der Waals surface area contributed by atoms with Crippen molar-refractivity contribution >= 4 is 0 Å². The van der Waals surface area contributed by atoms with Crippen LogP contribution in [0.3, 0.4) is 0 Å². The number of piperidine rings is 1. The van der Waals surface area contributed by atoms with E-state index < -0.39 is 0 Å². The zero-order chi connectivity index (χ0) is 13.8. The number of nitrogens with zero attached hydrogens (tertiary/aromatic N) is 2. The Bertz CT molecular complexity index is 269. The minimum Gasteiger partial charge on any atom is -0.311 e. The van der Waals surface area contributed by atoms with Gasteiger partial charge in [0.1, 0.15) is 0 Å². The standard InChI is InChI=1S/C16H33N3/c1-5-7-14-12-19(15(6-2)10-17-14)16-8-9-18(4)11-13(16)3/h13-17H,5-12H2,1-4H3. The number of hydrogen-bond donors (Lipinski definition) is 1. The molecule has 1 N–H and O–H groups in total. The monoisotopic (exact) mass is 267 g/mol. The lowest BCUT2D eigenvalue weighted by Gasteiger charge is -2.49. The van der Waals surface area contributed by atoms with E-state index in [2.05, 4.69) is 42.9 Å². The van der Waals surface area contributed by atoms with Crippen molar-refractivity contribution in [2.75, 3.05) is 33.2 Å². The molecule has 4 unspecified atom stereocenters. The molecule has 0 bridgehead atoms. The van der Waals surface area contributed by atoms with Gasteiger partial charge in [-0.3, -0.25) is 4.90 Å². The van der Waals surface area contributed by atoms with E-state index in [0.717, 1.165) is 24.0 Å². The Hall–Kier alpha value is -0.120. The van der Waals surface area contributed by atoms with E-state index >= 15 is 0 Å². The van der Waals surface area contributed by atoms with Gasteiger partial charge in [0.2, 0.25) is 0 Å². The molecule has 2 aliphatic heterocycles. The highest BCUT2D eigenvalue weighted by molar-refractivity contribution is 4.93. The fourth-order valence-electron chi connectivity index (χ4n) is 4.05. The third-order valence-electron chi connectivity index (χ3n) is 5.14. The second kappa shape index (κ2) is 7.05. The van der Waals surface area contributed by atoms with Crippen LogP contribution >= 0.6 is 0 Å². The van der Waals surface area contributed by atoms with E-state index in [0.29, 0.717) is 0 Å². The van der Waals surface area contributed by atoms with Crippen molar-refractivity contribution in [3.63, 3.8) is 0 Å². The summed E-state index contributed by atoms with van der Waals surface area (Å²) in [7, 11) is 2.27.